The maximum atomic E-state index is 14.2. The van der Waals surface area contributed by atoms with Crippen molar-refractivity contribution in [2.45, 2.75) is 12.2 Å². The molecule has 0 spiro atoms. The van der Waals surface area contributed by atoms with Gasteiger partial charge in [-0.1, -0.05) is 11.6 Å². The minimum Gasteiger partial charge on any atom is -0.490 e. The molecule has 5 rings (SSSR count). The molecular formula is C26H17ClF5N3O4. The lowest BCUT2D eigenvalue weighted by Gasteiger charge is -2.20. The average molecular weight is 566 g/mol. The maximum absolute atomic E-state index is 14.2. The Kier molecular flexibility index (Phi) is 6.45. The van der Waals surface area contributed by atoms with E-state index in [2.05, 4.69) is 10.6 Å². The number of anilines is 1. The van der Waals surface area contributed by atoms with Crippen molar-refractivity contribution in [3.63, 3.8) is 0 Å². The van der Waals surface area contributed by atoms with E-state index in [4.69, 9.17) is 16.3 Å². The Labute approximate surface area is 222 Å². The fourth-order valence-corrected chi connectivity index (χ4v) is 4.76. The molecule has 39 heavy (non-hydrogen) atoms. The average Bonchev–Trinajstić information content (AvgIpc) is 3.14. The summed E-state index contributed by atoms with van der Waals surface area (Å²) in [7, 11) is 1.49. The number of likely N-dealkylation sites (N-methyl/N-ethyl adjacent to an activating group) is 1. The zero-order valence-electron chi connectivity index (χ0n) is 19.9. The first-order chi connectivity index (χ1) is 18.3. The Morgan fingerprint density at radius 3 is 2.56 bits per heavy atom. The summed E-state index contributed by atoms with van der Waals surface area (Å²) in [5, 5.41) is 5.10. The van der Waals surface area contributed by atoms with Crippen molar-refractivity contribution in [2.75, 3.05) is 25.5 Å². The van der Waals surface area contributed by atoms with Gasteiger partial charge >= 0.3 is 6.18 Å². The number of ether oxygens (including phenoxy) is 1. The Morgan fingerprint density at radius 2 is 1.85 bits per heavy atom. The summed E-state index contributed by atoms with van der Waals surface area (Å²) in [5.41, 5.74) is -2.28. The van der Waals surface area contributed by atoms with Gasteiger partial charge in [0.05, 0.1) is 29.3 Å². The predicted molar refractivity (Wildman–Crippen MR) is 129 cm³/mol. The molecule has 13 heteroatoms. The molecule has 0 radical (unpaired) electrons. The standard InChI is InChI=1S/C26H17ClF5N3O4/c1-35-4-5-39-22-16(25(35)38)10-18(33-23(36)11-6-12(26(30,31)32)8-14(29)7-11)19-20(22)24(37)34-21(19)15-9-13(28)2-3-17(15)27/h2-3,6-10,21H,4-5H2,1H3,(H,33,36)(H,34,37). The fourth-order valence-electron chi connectivity index (χ4n) is 4.53. The van der Waals surface area contributed by atoms with E-state index < -0.39 is 52.7 Å². The number of benzene rings is 3. The van der Waals surface area contributed by atoms with Gasteiger partial charge in [0.25, 0.3) is 17.7 Å². The smallest absolute Gasteiger partial charge is 0.416 e. The molecule has 2 aliphatic heterocycles. The van der Waals surface area contributed by atoms with Crippen LogP contribution in [0.2, 0.25) is 5.02 Å². The zero-order valence-corrected chi connectivity index (χ0v) is 20.6. The lowest BCUT2D eigenvalue weighted by molar-refractivity contribution is -0.137. The van der Waals surface area contributed by atoms with Crippen molar-refractivity contribution in [1.29, 1.82) is 0 Å². The summed E-state index contributed by atoms with van der Waals surface area (Å²) in [6, 6.07) is 4.83. The van der Waals surface area contributed by atoms with Crippen molar-refractivity contribution in [1.82, 2.24) is 10.2 Å². The molecule has 3 amide bonds. The van der Waals surface area contributed by atoms with Gasteiger partial charge in [-0.05, 0) is 42.5 Å². The van der Waals surface area contributed by atoms with Crippen molar-refractivity contribution < 1.29 is 41.1 Å². The highest BCUT2D eigenvalue weighted by atomic mass is 35.5. The summed E-state index contributed by atoms with van der Waals surface area (Å²) in [4.78, 5) is 40.7. The minimum atomic E-state index is -4.92. The summed E-state index contributed by atoms with van der Waals surface area (Å²) in [6.45, 7) is 0.212. The number of hydrogen-bond donors (Lipinski definition) is 2. The topological polar surface area (TPSA) is 87.7 Å². The lowest BCUT2D eigenvalue weighted by atomic mass is 9.93. The second kappa shape index (κ2) is 9.53. The van der Waals surface area contributed by atoms with Gasteiger partial charge < -0.3 is 20.3 Å². The van der Waals surface area contributed by atoms with Crippen LogP contribution in [0.1, 0.15) is 53.8 Å². The van der Waals surface area contributed by atoms with Gasteiger partial charge in [0.15, 0.2) is 0 Å². The van der Waals surface area contributed by atoms with Crippen LogP contribution in [0.25, 0.3) is 0 Å². The van der Waals surface area contributed by atoms with Crippen LogP contribution < -0.4 is 15.4 Å². The number of rotatable bonds is 3. The van der Waals surface area contributed by atoms with E-state index in [1.165, 1.54) is 24.1 Å². The molecule has 0 saturated carbocycles. The van der Waals surface area contributed by atoms with E-state index in [1.54, 1.807) is 0 Å². The first-order valence-corrected chi connectivity index (χ1v) is 11.8. The number of hydrogen-bond acceptors (Lipinski definition) is 4. The number of alkyl halides is 3. The van der Waals surface area contributed by atoms with Crippen LogP contribution in [-0.2, 0) is 6.18 Å². The van der Waals surface area contributed by atoms with Crippen LogP contribution >= 0.6 is 11.6 Å². The van der Waals surface area contributed by atoms with Crippen LogP contribution in [-0.4, -0.2) is 42.8 Å². The second-order valence-electron chi connectivity index (χ2n) is 8.92. The third-order valence-corrected chi connectivity index (χ3v) is 6.71. The van der Waals surface area contributed by atoms with E-state index >= 15 is 0 Å². The molecule has 3 aromatic rings. The number of halogens is 6. The van der Waals surface area contributed by atoms with Crippen LogP contribution in [0, 0.1) is 11.6 Å². The monoisotopic (exact) mass is 565 g/mol. The number of nitrogens with zero attached hydrogens (tertiary/aromatic N) is 1. The highest BCUT2D eigenvalue weighted by Crippen LogP contribution is 2.45. The van der Waals surface area contributed by atoms with Gasteiger partial charge in [0.1, 0.15) is 24.0 Å². The first kappa shape index (κ1) is 26.4. The Hall–Kier alpha value is -4.19. The molecule has 2 aliphatic rings. The molecule has 1 atom stereocenters. The summed E-state index contributed by atoms with van der Waals surface area (Å²) >= 11 is 6.29. The van der Waals surface area contributed by atoms with Crippen LogP contribution in [0.4, 0.5) is 27.6 Å². The van der Waals surface area contributed by atoms with Crippen molar-refractivity contribution in [3.8, 4) is 5.75 Å². The Bertz CT molecular complexity index is 1560. The predicted octanol–water partition coefficient (Wildman–Crippen LogP) is 5.19. The van der Waals surface area contributed by atoms with Crippen molar-refractivity contribution in [3.05, 3.63) is 92.5 Å². The highest BCUT2D eigenvalue weighted by Gasteiger charge is 2.40. The maximum Gasteiger partial charge on any atom is 0.416 e. The lowest BCUT2D eigenvalue weighted by Crippen LogP contribution is -2.28. The Balaban J connectivity index is 1.70. The van der Waals surface area contributed by atoms with Crippen LogP contribution in [0.15, 0.2) is 42.5 Å². The van der Waals surface area contributed by atoms with E-state index in [0.717, 1.165) is 12.1 Å². The van der Waals surface area contributed by atoms with Gasteiger partial charge in [-0.25, -0.2) is 8.78 Å². The molecular weight excluding hydrogens is 549 g/mol. The fraction of sp³-hybridized carbons (Fsp3) is 0.192. The van der Waals surface area contributed by atoms with Crippen LogP contribution in [0.3, 0.4) is 0 Å². The molecule has 202 valence electrons. The number of nitrogens with one attached hydrogen (secondary N) is 2. The van der Waals surface area contributed by atoms with E-state index in [9.17, 15) is 36.3 Å². The summed E-state index contributed by atoms with van der Waals surface area (Å²) in [5.74, 6) is -4.47. The third-order valence-electron chi connectivity index (χ3n) is 6.37. The summed E-state index contributed by atoms with van der Waals surface area (Å²) < 4.78 is 73.6. The van der Waals surface area contributed by atoms with E-state index in [-0.39, 0.29) is 57.9 Å². The molecule has 3 aromatic carbocycles. The zero-order chi connectivity index (χ0) is 28.2. The van der Waals surface area contributed by atoms with Gasteiger partial charge in [-0.15, -0.1) is 0 Å². The largest absolute Gasteiger partial charge is 0.490 e. The molecule has 2 N–H and O–H groups in total. The van der Waals surface area contributed by atoms with Gasteiger partial charge in [-0.2, -0.15) is 13.2 Å². The van der Waals surface area contributed by atoms with E-state index in [0.29, 0.717) is 12.1 Å². The third kappa shape index (κ3) is 4.76. The normalized spacial score (nSPS) is 16.7. The van der Waals surface area contributed by atoms with Gasteiger partial charge in [0.2, 0.25) is 0 Å². The van der Waals surface area contributed by atoms with Crippen molar-refractivity contribution >= 4 is 35.0 Å². The number of amides is 3. The number of carbonyl (C=O) groups excluding carboxylic acids is 3. The minimum absolute atomic E-state index is 0.0373. The van der Waals surface area contributed by atoms with Crippen LogP contribution in [0.5, 0.6) is 5.75 Å². The quantitative estimate of drug-likeness (QED) is 0.428. The SMILES string of the molecule is CN1CCOc2c(cc(NC(=O)c3cc(F)cc(C(F)(F)F)c3)c3c2C(=O)NC3c2cc(F)ccc2Cl)C1=O. The molecule has 0 bridgehead atoms. The summed E-state index contributed by atoms with van der Waals surface area (Å²) in [6.07, 6.45) is -4.92. The molecule has 0 saturated heterocycles. The molecule has 0 aliphatic carbocycles. The molecule has 7 nitrogen and oxygen atoms in total. The van der Waals surface area contributed by atoms with Gasteiger partial charge in [-0.3, -0.25) is 14.4 Å². The van der Waals surface area contributed by atoms with Crippen molar-refractivity contribution in [2.24, 2.45) is 0 Å². The van der Waals surface area contributed by atoms with Gasteiger partial charge in [0, 0.05) is 34.4 Å². The van der Waals surface area contributed by atoms with E-state index in [1.807, 2.05) is 0 Å². The number of carbonyl (C=O) groups is 3. The Morgan fingerprint density at radius 1 is 1.10 bits per heavy atom. The molecule has 2 heterocycles. The highest BCUT2D eigenvalue weighted by molar-refractivity contribution is 6.31. The molecule has 1 unspecified atom stereocenters. The number of fused-ring (bicyclic) bond motifs is 3. The molecule has 0 aromatic heterocycles. The molecule has 0 fully saturated rings. The first-order valence-electron chi connectivity index (χ1n) is 11.4. The second-order valence-corrected chi connectivity index (χ2v) is 9.32.